The van der Waals surface area contributed by atoms with Gasteiger partial charge in [0.2, 0.25) is 0 Å². The lowest BCUT2D eigenvalue weighted by Crippen LogP contribution is -2.39. The molecule has 0 unspecified atom stereocenters. The van der Waals surface area contributed by atoms with Crippen LogP contribution in [0.1, 0.15) is 40.5 Å². The zero-order valence-electron chi connectivity index (χ0n) is 12.3. The normalized spacial score (nSPS) is 16.6. The summed E-state index contributed by atoms with van der Waals surface area (Å²) >= 11 is 0. The Hall–Kier alpha value is -1.88. The van der Waals surface area contributed by atoms with Gasteiger partial charge in [-0.15, -0.1) is 0 Å². The van der Waals surface area contributed by atoms with Gasteiger partial charge in [-0.25, -0.2) is 4.79 Å². The number of carboxylic acid groups (broad SMARTS) is 1. The molecule has 1 amide bonds. The van der Waals surface area contributed by atoms with Crippen molar-refractivity contribution >= 4 is 11.9 Å². The van der Waals surface area contributed by atoms with Crippen molar-refractivity contribution in [3.63, 3.8) is 0 Å². The second-order valence-corrected chi connectivity index (χ2v) is 5.63. The van der Waals surface area contributed by atoms with Crippen LogP contribution in [0.25, 0.3) is 0 Å². The highest BCUT2D eigenvalue weighted by Crippen LogP contribution is 2.15. The first kappa shape index (κ1) is 15.5. The third-order valence-corrected chi connectivity index (χ3v) is 3.99. The summed E-state index contributed by atoms with van der Waals surface area (Å²) < 4.78 is 0. The van der Waals surface area contributed by atoms with E-state index in [1.54, 1.807) is 18.2 Å². The number of carboxylic acids is 1. The molecule has 114 valence electrons. The van der Waals surface area contributed by atoms with Crippen LogP contribution in [0.3, 0.4) is 0 Å². The topological polar surface area (TPSA) is 69.6 Å². The van der Waals surface area contributed by atoms with Crippen LogP contribution in [0.4, 0.5) is 0 Å². The van der Waals surface area contributed by atoms with Gasteiger partial charge < -0.3 is 15.3 Å². The van der Waals surface area contributed by atoms with Gasteiger partial charge >= 0.3 is 5.97 Å². The van der Waals surface area contributed by atoms with Crippen molar-refractivity contribution in [3.8, 4) is 0 Å². The van der Waals surface area contributed by atoms with Crippen molar-refractivity contribution in [1.82, 2.24) is 10.2 Å². The smallest absolute Gasteiger partial charge is 0.336 e. The standard InChI is InChI=1S/C16H22N2O3/c1-12-6-9-18(10-7-12)11-8-17-15(19)13-4-2-3-5-14(13)16(20)21/h2-5,12H,6-11H2,1H3,(H,17,19)(H,20,21). The fraction of sp³-hybridized carbons (Fsp3) is 0.500. The van der Waals surface area contributed by atoms with E-state index in [4.69, 9.17) is 5.11 Å². The second kappa shape index (κ2) is 7.22. The molecule has 5 heteroatoms. The van der Waals surface area contributed by atoms with Crippen molar-refractivity contribution in [3.05, 3.63) is 35.4 Å². The van der Waals surface area contributed by atoms with Gasteiger partial charge in [-0.3, -0.25) is 4.79 Å². The minimum absolute atomic E-state index is 0.0433. The van der Waals surface area contributed by atoms with Crippen LogP contribution in [0.2, 0.25) is 0 Å². The predicted molar refractivity (Wildman–Crippen MR) is 80.6 cm³/mol. The molecule has 5 nitrogen and oxygen atoms in total. The van der Waals surface area contributed by atoms with Crippen LogP contribution in [0, 0.1) is 5.92 Å². The Morgan fingerprint density at radius 1 is 1.24 bits per heavy atom. The van der Waals surface area contributed by atoms with Crippen molar-refractivity contribution < 1.29 is 14.7 Å². The number of amides is 1. The Balaban J connectivity index is 1.84. The molecule has 21 heavy (non-hydrogen) atoms. The van der Waals surface area contributed by atoms with Gasteiger partial charge in [-0.1, -0.05) is 19.1 Å². The lowest BCUT2D eigenvalue weighted by Gasteiger charge is -2.30. The van der Waals surface area contributed by atoms with Crippen LogP contribution in [0.5, 0.6) is 0 Å². The maximum atomic E-state index is 12.1. The summed E-state index contributed by atoms with van der Waals surface area (Å²) in [5.74, 6) is -0.609. The van der Waals surface area contributed by atoms with E-state index in [1.807, 2.05) is 0 Å². The van der Waals surface area contributed by atoms with Gasteiger partial charge in [-0.05, 0) is 44.0 Å². The maximum Gasteiger partial charge on any atom is 0.336 e. The van der Waals surface area contributed by atoms with Crippen LogP contribution in [-0.2, 0) is 0 Å². The number of nitrogens with one attached hydrogen (secondary N) is 1. The number of carbonyl (C=O) groups is 2. The lowest BCUT2D eigenvalue weighted by atomic mass is 9.99. The van der Waals surface area contributed by atoms with E-state index < -0.39 is 5.97 Å². The SMILES string of the molecule is CC1CCN(CCNC(=O)c2ccccc2C(=O)O)CC1. The molecule has 0 radical (unpaired) electrons. The van der Waals surface area contributed by atoms with E-state index in [9.17, 15) is 9.59 Å². The largest absolute Gasteiger partial charge is 0.478 e. The van der Waals surface area contributed by atoms with Gasteiger partial charge in [0.15, 0.2) is 0 Å². The lowest BCUT2D eigenvalue weighted by molar-refractivity contribution is 0.0691. The summed E-state index contributed by atoms with van der Waals surface area (Å²) in [4.78, 5) is 25.5. The minimum Gasteiger partial charge on any atom is -0.478 e. The molecule has 2 rings (SSSR count). The average Bonchev–Trinajstić information content (AvgIpc) is 2.49. The number of aromatic carboxylic acids is 1. The third kappa shape index (κ3) is 4.29. The quantitative estimate of drug-likeness (QED) is 0.868. The van der Waals surface area contributed by atoms with E-state index in [1.165, 1.54) is 18.9 Å². The highest BCUT2D eigenvalue weighted by Gasteiger charge is 2.17. The first-order chi connectivity index (χ1) is 10.1. The monoisotopic (exact) mass is 290 g/mol. The molecule has 1 aliphatic heterocycles. The molecule has 1 saturated heterocycles. The van der Waals surface area contributed by atoms with E-state index in [0.29, 0.717) is 6.54 Å². The molecule has 0 saturated carbocycles. The second-order valence-electron chi connectivity index (χ2n) is 5.63. The molecule has 2 N–H and O–H groups in total. The first-order valence-electron chi connectivity index (χ1n) is 7.41. The van der Waals surface area contributed by atoms with E-state index in [-0.39, 0.29) is 17.0 Å². The van der Waals surface area contributed by atoms with Gasteiger partial charge in [0.25, 0.3) is 5.91 Å². The summed E-state index contributed by atoms with van der Waals surface area (Å²) in [7, 11) is 0. The Kier molecular flexibility index (Phi) is 5.33. The van der Waals surface area contributed by atoms with Crippen LogP contribution >= 0.6 is 0 Å². The van der Waals surface area contributed by atoms with Crippen LogP contribution < -0.4 is 5.32 Å². The molecule has 1 aromatic rings. The Morgan fingerprint density at radius 3 is 2.48 bits per heavy atom. The third-order valence-electron chi connectivity index (χ3n) is 3.99. The number of carbonyl (C=O) groups excluding carboxylic acids is 1. The molecular weight excluding hydrogens is 268 g/mol. The zero-order chi connectivity index (χ0) is 15.2. The first-order valence-corrected chi connectivity index (χ1v) is 7.41. The number of hydrogen-bond donors (Lipinski definition) is 2. The highest BCUT2D eigenvalue weighted by atomic mass is 16.4. The van der Waals surface area contributed by atoms with Gasteiger partial charge in [0, 0.05) is 13.1 Å². The zero-order valence-corrected chi connectivity index (χ0v) is 12.3. The number of benzene rings is 1. The summed E-state index contributed by atoms with van der Waals surface area (Å²) in [6.45, 7) is 5.77. The van der Waals surface area contributed by atoms with Crippen molar-refractivity contribution in [1.29, 1.82) is 0 Å². The number of likely N-dealkylation sites (tertiary alicyclic amines) is 1. The summed E-state index contributed by atoms with van der Waals surface area (Å²) in [6.07, 6.45) is 2.41. The Bertz CT molecular complexity index is 508. The molecule has 0 aromatic heterocycles. The summed E-state index contributed by atoms with van der Waals surface area (Å²) in [6, 6.07) is 6.28. The van der Waals surface area contributed by atoms with E-state index in [2.05, 4.69) is 17.1 Å². The predicted octanol–water partition coefficient (Wildman–Crippen LogP) is 1.85. The molecular formula is C16H22N2O3. The number of piperidine rings is 1. The Morgan fingerprint density at radius 2 is 1.86 bits per heavy atom. The van der Waals surface area contributed by atoms with Gasteiger partial charge in [0.1, 0.15) is 0 Å². The molecule has 0 spiro atoms. The molecule has 0 aliphatic carbocycles. The summed E-state index contributed by atoms with van der Waals surface area (Å²) in [5.41, 5.74) is 0.263. The highest BCUT2D eigenvalue weighted by molar-refractivity contribution is 6.04. The van der Waals surface area contributed by atoms with Crippen molar-refractivity contribution in [2.45, 2.75) is 19.8 Å². The summed E-state index contributed by atoms with van der Waals surface area (Å²) in [5, 5.41) is 11.9. The maximum absolute atomic E-state index is 12.1. The average molecular weight is 290 g/mol. The van der Waals surface area contributed by atoms with Crippen LogP contribution in [0.15, 0.2) is 24.3 Å². The number of rotatable bonds is 5. The van der Waals surface area contributed by atoms with Crippen molar-refractivity contribution in [2.75, 3.05) is 26.2 Å². The number of nitrogens with zero attached hydrogens (tertiary/aromatic N) is 1. The van der Waals surface area contributed by atoms with E-state index >= 15 is 0 Å². The van der Waals surface area contributed by atoms with Gasteiger partial charge in [-0.2, -0.15) is 0 Å². The number of hydrogen-bond acceptors (Lipinski definition) is 3. The minimum atomic E-state index is -1.08. The molecule has 0 atom stereocenters. The Labute approximate surface area is 125 Å². The fourth-order valence-electron chi connectivity index (χ4n) is 2.58. The molecule has 1 fully saturated rings. The molecule has 0 bridgehead atoms. The molecule has 1 aliphatic rings. The van der Waals surface area contributed by atoms with E-state index in [0.717, 1.165) is 25.6 Å². The van der Waals surface area contributed by atoms with Gasteiger partial charge in [0.05, 0.1) is 11.1 Å². The van der Waals surface area contributed by atoms with Crippen LogP contribution in [-0.4, -0.2) is 48.1 Å². The van der Waals surface area contributed by atoms with Crippen molar-refractivity contribution in [2.24, 2.45) is 5.92 Å². The molecule has 1 heterocycles. The molecule has 1 aromatic carbocycles. The fourth-order valence-corrected chi connectivity index (χ4v) is 2.58.